The Labute approximate surface area is 70.8 Å². The van der Waals surface area contributed by atoms with Gasteiger partial charge in [0.05, 0.1) is 0 Å². The monoisotopic (exact) mass is 171 g/mol. The molecule has 0 aromatic heterocycles. The molecule has 68 valence electrons. The van der Waals surface area contributed by atoms with Gasteiger partial charge in [-0.05, 0) is 30.7 Å². The van der Waals surface area contributed by atoms with Crippen molar-refractivity contribution in [3.05, 3.63) is 29.8 Å². The Balaban J connectivity index is 0.000000561. The predicted molar refractivity (Wildman–Crippen MR) is 46.1 cm³/mol. The average Bonchev–Trinajstić information content (AvgIpc) is 2.13. The molecule has 0 heterocycles. The maximum atomic E-state index is 8.89. The minimum Gasteiger partial charge on any atom is -0.508 e. The van der Waals surface area contributed by atoms with Crippen LogP contribution < -0.4 is 5.73 Å². The highest BCUT2D eigenvalue weighted by Gasteiger charge is 1.89. The first-order chi connectivity index (χ1) is 5.83. The van der Waals surface area contributed by atoms with Crippen LogP contribution in [-0.2, 0) is 6.42 Å². The Hall–Kier alpha value is -1.10. The van der Waals surface area contributed by atoms with Crippen LogP contribution >= 0.6 is 0 Å². The summed E-state index contributed by atoms with van der Waals surface area (Å²) < 4.78 is 0. The Morgan fingerprint density at radius 1 is 1.08 bits per heavy atom. The second-order valence-electron chi connectivity index (χ2n) is 2.21. The molecule has 0 aliphatic carbocycles. The topological polar surface area (TPSA) is 86.7 Å². The molecule has 4 nitrogen and oxygen atoms in total. The second kappa shape index (κ2) is 6.60. The molecule has 0 unspecified atom stereocenters. The van der Waals surface area contributed by atoms with Crippen LogP contribution in [0.4, 0.5) is 0 Å². The van der Waals surface area contributed by atoms with Crippen molar-refractivity contribution in [3.8, 4) is 5.75 Å². The van der Waals surface area contributed by atoms with Crippen LogP contribution in [0, 0.1) is 0 Å². The zero-order chi connectivity index (χ0) is 9.40. The number of nitrogens with two attached hydrogens (primary N) is 1. The summed E-state index contributed by atoms with van der Waals surface area (Å²) in [6.07, 6.45) is 0.875. The lowest BCUT2D eigenvalue weighted by atomic mass is 10.1. The maximum absolute atomic E-state index is 8.89. The first kappa shape index (κ1) is 10.9. The minimum atomic E-state index is 0.306. The van der Waals surface area contributed by atoms with E-state index in [1.807, 2.05) is 12.1 Å². The van der Waals surface area contributed by atoms with E-state index in [1.54, 1.807) is 12.1 Å². The minimum absolute atomic E-state index is 0.306. The van der Waals surface area contributed by atoms with Gasteiger partial charge in [-0.3, -0.25) is 10.5 Å². The van der Waals surface area contributed by atoms with E-state index in [9.17, 15) is 0 Å². The zero-order valence-electron chi connectivity index (χ0n) is 6.64. The number of phenols is 1. The molecule has 0 aliphatic rings. The highest BCUT2D eigenvalue weighted by Crippen LogP contribution is 2.09. The highest BCUT2D eigenvalue weighted by molar-refractivity contribution is 5.25. The van der Waals surface area contributed by atoms with Crippen LogP contribution in [0.1, 0.15) is 5.56 Å². The van der Waals surface area contributed by atoms with Gasteiger partial charge in [0.1, 0.15) is 5.75 Å². The van der Waals surface area contributed by atoms with Gasteiger partial charge in [0.15, 0.2) is 0 Å². The van der Waals surface area contributed by atoms with Crippen molar-refractivity contribution in [1.29, 1.82) is 0 Å². The Morgan fingerprint density at radius 2 is 1.58 bits per heavy atom. The number of aromatic hydroxyl groups is 1. The number of hydrogen-bond donors (Lipinski definition) is 4. The summed E-state index contributed by atoms with van der Waals surface area (Å²) in [6.45, 7) is 0.658. The summed E-state index contributed by atoms with van der Waals surface area (Å²) in [7, 11) is 0. The van der Waals surface area contributed by atoms with Crippen LogP contribution in [0.2, 0.25) is 0 Å². The van der Waals surface area contributed by atoms with Gasteiger partial charge in [-0.1, -0.05) is 12.1 Å². The molecule has 0 fully saturated rings. The molecule has 5 N–H and O–H groups in total. The van der Waals surface area contributed by atoms with Gasteiger partial charge < -0.3 is 10.8 Å². The van der Waals surface area contributed by atoms with Gasteiger partial charge in [0.25, 0.3) is 0 Å². The summed E-state index contributed by atoms with van der Waals surface area (Å²) in [5, 5.41) is 20.9. The lowest BCUT2D eigenvalue weighted by molar-refractivity contribution is -0.176. The SMILES string of the molecule is NCCc1ccc(O)cc1.OO. The molecule has 1 aromatic rings. The third-order valence-corrected chi connectivity index (χ3v) is 1.37. The van der Waals surface area contributed by atoms with Gasteiger partial charge in [-0.25, -0.2) is 0 Å². The lowest BCUT2D eigenvalue weighted by Crippen LogP contribution is -2.01. The number of phenolic OH excluding ortho intramolecular Hbond substituents is 1. The van der Waals surface area contributed by atoms with Gasteiger partial charge in [-0.2, -0.15) is 0 Å². The second-order valence-corrected chi connectivity index (χ2v) is 2.21. The van der Waals surface area contributed by atoms with E-state index >= 15 is 0 Å². The number of benzene rings is 1. The summed E-state index contributed by atoms with van der Waals surface area (Å²) in [4.78, 5) is 0. The predicted octanol–water partition coefficient (Wildman–Crippen LogP) is 0.911. The van der Waals surface area contributed by atoms with Gasteiger partial charge in [0, 0.05) is 0 Å². The molecule has 0 bridgehead atoms. The quantitative estimate of drug-likeness (QED) is 0.393. The molecule has 12 heavy (non-hydrogen) atoms. The lowest BCUT2D eigenvalue weighted by Gasteiger charge is -1.96. The van der Waals surface area contributed by atoms with Crippen LogP contribution in [0.25, 0.3) is 0 Å². The highest BCUT2D eigenvalue weighted by atomic mass is 17.0. The van der Waals surface area contributed by atoms with Crippen LogP contribution in [0.3, 0.4) is 0 Å². The molecule has 1 aromatic carbocycles. The first-order valence-electron chi connectivity index (χ1n) is 3.51. The van der Waals surface area contributed by atoms with Crippen molar-refractivity contribution in [3.63, 3.8) is 0 Å². The Bertz CT molecular complexity index is 198. The van der Waals surface area contributed by atoms with Crippen molar-refractivity contribution in [2.24, 2.45) is 5.73 Å². The van der Waals surface area contributed by atoms with Crippen molar-refractivity contribution >= 4 is 0 Å². The Kier molecular flexibility index (Phi) is 6.00. The molecule has 0 saturated heterocycles. The smallest absolute Gasteiger partial charge is 0.115 e. The third kappa shape index (κ3) is 3.92. The van der Waals surface area contributed by atoms with Gasteiger partial charge >= 0.3 is 0 Å². The summed E-state index contributed by atoms with van der Waals surface area (Å²) in [5.41, 5.74) is 6.50. The van der Waals surface area contributed by atoms with E-state index in [0.29, 0.717) is 12.3 Å². The summed E-state index contributed by atoms with van der Waals surface area (Å²) >= 11 is 0. The molecule has 4 heteroatoms. The number of rotatable bonds is 2. The van der Waals surface area contributed by atoms with Crippen LogP contribution in [-0.4, -0.2) is 22.2 Å². The van der Waals surface area contributed by atoms with Crippen molar-refractivity contribution in [2.75, 3.05) is 6.54 Å². The fourth-order valence-corrected chi connectivity index (χ4v) is 0.829. The fraction of sp³-hybridized carbons (Fsp3) is 0.250. The molecule has 0 amide bonds. The van der Waals surface area contributed by atoms with E-state index < -0.39 is 0 Å². The van der Waals surface area contributed by atoms with Crippen LogP contribution in [0.5, 0.6) is 5.75 Å². The molecule has 0 saturated carbocycles. The van der Waals surface area contributed by atoms with Gasteiger partial charge in [0.2, 0.25) is 0 Å². The van der Waals surface area contributed by atoms with Crippen molar-refractivity contribution < 1.29 is 15.6 Å². The van der Waals surface area contributed by atoms with E-state index in [0.717, 1.165) is 6.42 Å². The zero-order valence-corrected chi connectivity index (χ0v) is 6.64. The largest absolute Gasteiger partial charge is 0.508 e. The third-order valence-electron chi connectivity index (χ3n) is 1.37. The van der Waals surface area contributed by atoms with Crippen molar-refractivity contribution in [1.82, 2.24) is 0 Å². The van der Waals surface area contributed by atoms with E-state index in [2.05, 4.69) is 0 Å². The van der Waals surface area contributed by atoms with E-state index in [4.69, 9.17) is 21.4 Å². The van der Waals surface area contributed by atoms with E-state index in [-0.39, 0.29) is 0 Å². The van der Waals surface area contributed by atoms with E-state index in [1.165, 1.54) is 5.56 Å². The molecule has 1 rings (SSSR count). The summed E-state index contributed by atoms with van der Waals surface area (Å²) in [5.74, 6) is 0.306. The number of hydrogen-bond acceptors (Lipinski definition) is 4. The van der Waals surface area contributed by atoms with Crippen LogP contribution in [0.15, 0.2) is 24.3 Å². The van der Waals surface area contributed by atoms with Gasteiger partial charge in [-0.15, -0.1) is 0 Å². The molecule has 0 radical (unpaired) electrons. The standard InChI is InChI=1S/C8H11NO.H2O2/c9-6-5-7-1-3-8(10)4-2-7;1-2/h1-4,10H,5-6,9H2;1-2H. The molecular formula is C8H13NO3. The first-order valence-corrected chi connectivity index (χ1v) is 3.51. The molecule has 0 atom stereocenters. The molecule has 0 aliphatic heterocycles. The average molecular weight is 171 g/mol. The molecular weight excluding hydrogens is 158 g/mol. The Morgan fingerprint density at radius 3 is 2.00 bits per heavy atom. The normalized spacial score (nSPS) is 8.58. The molecule has 0 spiro atoms. The maximum Gasteiger partial charge on any atom is 0.115 e. The van der Waals surface area contributed by atoms with Crippen molar-refractivity contribution in [2.45, 2.75) is 6.42 Å². The summed E-state index contributed by atoms with van der Waals surface area (Å²) in [6, 6.07) is 7.10. The fourth-order valence-electron chi connectivity index (χ4n) is 0.829.